The summed E-state index contributed by atoms with van der Waals surface area (Å²) in [7, 11) is -5.09. The van der Waals surface area contributed by atoms with E-state index in [1.807, 2.05) is 0 Å². The van der Waals surface area contributed by atoms with Crippen LogP contribution < -0.4 is 47.5 Å². The first-order valence-corrected chi connectivity index (χ1v) is 2.37. The van der Waals surface area contributed by atoms with Crippen LogP contribution in [0.15, 0.2) is 0 Å². The Morgan fingerprint density at radius 2 is 1.50 bits per heavy atom. The Kier molecular flexibility index (Phi) is 12.9. The van der Waals surface area contributed by atoms with Crippen molar-refractivity contribution in [3.8, 4) is 0 Å². The summed E-state index contributed by atoms with van der Waals surface area (Å²) in [6.07, 6.45) is 0. The molecule has 8 heteroatoms. The minimum atomic E-state index is -5.09. The third-order valence-electron chi connectivity index (χ3n) is 0.100. The molecule has 0 aliphatic carbocycles. The van der Waals surface area contributed by atoms with Crippen molar-refractivity contribution < 1.29 is 62.0 Å². The summed E-state index contributed by atoms with van der Waals surface area (Å²) >= 11 is 0. The molecule has 0 aliphatic heterocycles. The smallest absolute Gasteiger partial charge is 0.788 e. The Hall–Kier alpha value is 1.26. The van der Waals surface area contributed by atoms with E-state index in [9.17, 15) is 0 Å². The van der Waals surface area contributed by atoms with Gasteiger partial charge in [0, 0.05) is 0 Å². The van der Waals surface area contributed by atoms with Gasteiger partial charge in [0.2, 0.25) is 0 Å². The van der Waals surface area contributed by atoms with Crippen molar-refractivity contribution in [2.75, 3.05) is 0 Å². The van der Waals surface area contributed by atoms with E-state index in [-0.39, 0.29) is 37.7 Å². The molecule has 0 saturated heterocycles. The molecule has 0 saturated carbocycles. The van der Waals surface area contributed by atoms with Crippen molar-refractivity contribution in [2.24, 2.45) is 0 Å². The molecular weight excluding hydrogens is 125 g/mol. The second-order valence-electron chi connectivity index (χ2n) is 0.529. The molecule has 0 heterocycles. The number of hydrogen-bond acceptors (Lipinski definition) is 5. The zero-order valence-electron chi connectivity index (χ0n) is 4.53. The van der Waals surface area contributed by atoms with Gasteiger partial charge in [0.1, 0.15) is 0 Å². The average molecular weight is 126 g/mol. The van der Waals surface area contributed by atoms with Gasteiger partial charge in [0.15, 0.2) is 0 Å². The third-order valence-corrected chi connectivity index (χ3v) is 0.300. The molecule has 0 unspecified atom stereocenters. The summed E-state index contributed by atoms with van der Waals surface area (Å²) in [5, 5.41) is 7.01. The Morgan fingerprint density at radius 3 is 1.50 bits per heavy atom. The summed E-state index contributed by atoms with van der Waals surface area (Å²) in [6, 6.07) is 0. The summed E-state index contributed by atoms with van der Waals surface area (Å²) in [5.74, 6) is 0. The molecule has 0 rings (SSSR count). The third kappa shape index (κ3) is 15.7. The van der Waals surface area contributed by atoms with Crippen molar-refractivity contribution in [2.45, 2.75) is 0 Å². The Balaban J connectivity index is -0.000000125. The maximum absolute atomic E-state index is 9.00. The van der Waals surface area contributed by atoms with E-state index < -0.39 is 7.82 Å². The summed E-state index contributed by atoms with van der Waals surface area (Å²) in [5.41, 5.74) is 0. The normalized spacial score (nSPS) is 8.88. The molecule has 0 radical (unpaired) electrons. The van der Waals surface area contributed by atoms with Crippen molar-refractivity contribution in [3.63, 3.8) is 0 Å². The van der Waals surface area contributed by atoms with Crippen molar-refractivity contribution >= 4 is 7.82 Å². The molecule has 0 aromatic rings. The predicted molar refractivity (Wildman–Crippen MR) is 11.3 cm³/mol. The van der Waals surface area contributed by atoms with Gasteiger partial charge in [-0.05, 0) is 0 Å². The first kappa shape index (κ1) is 16.1. The molecule has 0 amide bonds. The van der Waals surface area contributed by atoms with Crippen LogP contribution in [-0.2, 0) is 9.24 Å². The van der Waals surface area contributed by atoms with Gasteiger partial charge in [-0.25, -0.2) is 9.93 Å². The Labute approximate surface area is 69.9 Å². The van der Waals surface area contributed by atoms with Crippen LogP contribution in [0.5, 0.6) is 0 Å². The predicted octanol–water partition coefficient (Wildman–Crippen LogP) is -7.69. The fourth-order valence-corrected chi connectivity index (χ4v) is 0. The first-order valence-electron chi connectivity index (χ1n) is 0.913. The van der Waals surface area contributed by atoms with E-state index >= 15 is 0 Å². The van der Waals surface area contributed by atoms with Gasteiger partial charge in [-0.3, -0.25) is 0 Å². The van der Waals surface area contributed by atoms with Crippen LogP contribution in [0.2, 0.25) is 0 Å². The van der Waals surface area contributed by atoms with E-state index in [0.29, 0.717) is 0 Å². The van der Waals surface area contributed by atoms with Crippen LogP contribution in [-0.4, -0.2) is 5.26 Å². The molecule has 0 spiro atoms. The second kappa shape index (κ2) is 6.39. The van der Waals surface area contributed by atoms with Crippen LogP contribution in [0.25, 0.3) is 0 Å². The molecule has 0 bridgehead atoms. The molecule has 1 N–H and O–H groups in total. The number of phosphoric acid groups is 1. The largest absolute Gasteiger partial charge is 1.00 e. The van der Waals surface area contributed by atoms with Gasteiger partial charge in [-0.1, -0.05) is 0 Å². The monoisotopic (exact) mass is 126 g/mol. The van der Waals surface area contributed by atoms with Crippen LogP contribution in [0.4, 0.5) is 0 Å². The van der Waals surface area contributed by atoms with Crippen LogP contribution >= 0.6 is 7.82 Å². The minimum absolute atomic E-state index is 0. The van der Waals surface area contributed by atoms with Crippen LogP contribution in [0.3, 0.4) is 0 Å². The van der Waals surface area contributed by atoms with Gasteiger partial charge in [-0.2, -0.15) is 0 Å². The van der Waals surface area contributed by atoms with Gasteiger partial charge >= 0.3 is 37.7 Å². The average Bonchev–Trinajstić information content (AvgIpc) is 1.35. The Morgan fingerprint density at radius 1 is 1.38 bits per heavy atom. The van der Waals surface area contributed by atoms with E-state index in [4.69, 9.17) is 19.6 Å². The summed E-state index contributed by atoms with van der Waals surface area (Å²) in [6.45, 7) is 0. The molecule has 0 atom stereocenters. The zero-order valence-corrected chi connectivity index (χ0v) is 5.42. The van der Waals surface area contributed by atoms with E-state index in [1.54, 1.807) is 0 Å². The Bertz CT molecular complexity index is 74.5. The van der Waals surface area contributed by atoms with Crippen molar-refractivity contribution in [3.05, 3.63) is 0 Å². The molecule has 0 fully saturated rings. The maximum atomic E-state index is 9.00. The number of rotatable bonds is 1. The van der Waals surface area contributed by atoms with Gasteiger partial charge in [-0.15, -0.1) is 0 Å². The minimum Gasteiger partial charge on any atom is -0.788 e. The standard InChI is InChI=1S/2Li.H3O5P/c;;1-5-6(2,3)4/h;;1H,(H2,2,3,4)/q2*+1;/p-2. The fraction of sp³-hybridized carbons (Fsp3) is 0. The quantitative estimate of drug-likeness (QED) is 0.163. The van der Waals surface area contributed by atoms with Crippen molar-refractivity contribution in [1.29, 1.82) is 0 Å². The molecule has 0 aromatic carbocycles. The molecular formula is HLi2O5P. The van der Waals surface area contributed by atoms with Crippen LogP contribution in [0, 0.1) is 0 Å². The first-order chi connectivity index (χ1) is 2.56. The molecule has 38 valence electrons. The van der Waals surface area contributed by atoms with Gasteiger partial charge < -0.3 is 14.4 Å². The number of hydrogen-bond donors (Lipinski definition) is 1. The molecule has 5 nitrogen and oxygen atoms in total. The van der Waals surface area contributed by atoms with Gasteiger partial charge in [0.25, 0.3) is 0 Å². The van der Waals surface area contributed by atoms with E-state index in [0.717, 1.165) is 0 Å². The van der Waals surface area contributed by atoms with Gasteiger partial charge in [0.05, 0.1) is 7.82 Å². The zero-order chi connectivity index (χ0) is 5.21. The molecule has 8 heavy (non-hydrogen) atoms. The fourth-order valence-electron chi connectivity index (χ4n) is 0. The van der Waals surface area contributed by atoms with Crippen molar-refractivity contribution in [1.82, 2.24) is 0 Å². The maximum Gasteiger partial charge on any atom is 1.00 e. The molecule has 0 aromatic heterocycles. The second-order valence-corrected chi connectivity index (χ2v) is 1.59. The topological polar surface area (TPSA) is 92.7 Å². The van der Waals surface area contributed by atoms with Crippen LogP contribution in [0.1, 0.15) is 0 Å². The summed E-state index contributed by atoms with van der Waals surface area (Å²) < 4.78 is 11.4. The molecule has 0 aliphatic rings. The van der Waals surface area contributed by atoms with E-state index in [2.05, 4.69) is 4.67 Å². The SMILES string of the molecule is O=P([O-])([O-])OO.[Li+].[Li+]. The summed E-state index contributed by atoms with van der Waals surface area (Å²) in [4.78, 5) is 18.0. The van der Waals surface area contributed by atoms with E-state index in [1.165, 1.54) is 0 Å².